The van der Waals surface area contributed by atoms with Crippen LogP contribution >= 0.6 is 0 Å². The molecule has 2 aromatic heterocycles. The van der Waals surface area contributed by atoms with Crippen LogP contribution in [-0.2, 0) is 23.0 Å². The highest BCUT2D eigenvalue weighted by atomic mass is 19.4. The van der Waals surface area contributed by atoms with Crippen molar-refractivity contribution in [2.45, 2.75) is 58.0 Å². The summed E-state index contributed by atoms with van der Waals surface area (Å²) in [4.78, 5) is 20.0. The Morgan fingerprint density at radius 3 is 2.51 bits per heavy atom. The van der Waals surface area contributed by atoms with Crippen LogP contribution in [0.2, 0.25) is 0 Å². The number of nitrogens with one attached hydrogen (secondary N) is 1. The van der Waals surface area contributed by atoms with E-state index in [4.69, 9.17) is 9.97 Å². The molecule has 1 fully saturated rings. The summed E-state index contributed by atoms with van der Waals surface area (Å²) in [6, 6.07) is 15.3. The minimum Gasteiger partial charge on any atom is -0.340 e. The summed E-state index contributed by atoms with van der Waals surface area (Å²) in [7, 11) is 0. The molecule has 4 aromatic rings. The topological polar surface area (TPSA) is 83.4 Å². The molecule has 0 radical (unpaired) electrons. The number of alkyl halides is 3. The fraction of sp³-hybridized carbons (Fsp3) is 0.345. The summed E-state index contributed by atoms with van der Waals surface area (Å²) in [5, 5.41) is 13.3. The molecule has 0 bridgehead atoms. The molecule has 0 aliphatic carbocycles. The van der Waals surface area contributed by atoms with E-state index in [2.05, 4.69) is 48.1 Å². The number of likely N-dealkylation sites (tertiary alicyclic amines) is 1. The molecule has 1 atom stereocenters. The summed E-state index contributed by atoms with van der Waals surface area (Å²) >= 11 is 0. The first-order valence-corrected chi connectivity index (χ1v) is 12.8. The molecule has 1 aliphatic rings. The molecule has 39 heavy (non-hydrogen) atoms. The second-order valence-corrected chi connectivity index (χ2v) is 10.7. The highest BCUT2D eigenvalue weighted by Gasteiger charge is 2.34. The number of halogens is 3. The van der Waals surface area contributed by atoms with Gasteiger partial charge in [0.25, 0.3) is 0 Å². The van der Waals surface area contributed by atoms with E-state index in [1.54, 1.807) is 18.2 Å². The molecule has 10 heteroatoms. The predicted octanol–water partition coefficient (Wildman–Crippen LogP) is 7.16. The van der Waals surface area contributed by atoms with Crippen LogP contribution in [0.15, 0.2) is 60.8 Å². The normalized spacial score (nSPS) is 16.6. The first-order valence-electron chi connectivity index (χ1n) is 12.8. The van der Waals surface area contributed by atoms with Gasteiger partial charge >= 0.3 is 6.18 Å². The Labute approximate surface area is 224 Å². The number of aromatic nitrogens is 3. The number of hydrogen-bond donors (Lipinski definition) is 2. The third-order valence-electron chi connectivity index (χ3n) is 6.91. The molecular weight excluding hydrogens is 507 g/mol. The number of benzene rings is 2. The molecule has 0 spiro atoms. The zero-order valence-corrected chi connectivity index (χ0v) is 22.0. The minimum absolute atomic E-state index is 0.00546. The number of fused-ring (bicyclic) bond motifs is 1. The van der Waals surface area contributed by atoms with Crippen molar-refractivity contribution in [1.82, 2.24) is 19.9 Å². The van der Waals surface area contributed by atoms with Crippen molar-refractivity contribution in [1.29, 1.82) is 0 Å². The lowest BCUT2D eigenvalue weighted by atomic mass is 9.87. The van der Waals surface area contributed by atoms with E-state index in [0.29, 0.717) is 47.6 Å². The molecule has 1 unspecified atom stereocenters. The first-order chi connectivity index (χ1) is 18.5. The third kappa shape index (κ3) is 5.88. The molecule has 2 aromatic carbocycles. The fourth-order valence-corrected chi connectivity index (χ4v) is 4.82. The fourth-order valence-electron chi connectivity index (χ4n) is 4.82. The maximum atomic E-state index is 13.7. The molecule has 1 saturated heterocycles. The monoisotopic (exact) mass is 537 g/mol. The zero-order chi connectivity index (χ0) is 27.8. The maximum absolute atomic E-state index is 13.7. The molecule has 1 aliphatic heterocycles. The number of pyridine rings is 1. The van der Waals surface area contributed by atoms with Crippen LogP contribution in [-0.4, -0.2) is 37.9 Å². The van der Waals surface area contributed by atoms with E-state index in [-0.39, 0.29) is 11.1 Å². The van der Waals surface area contributed by atoms with E-state index in [0.717, 1.165) is 18.2 Å². The van der Waals surface area contributed by atoms with Crippen LogP contribution in [0.1, 0.15) is 50.6 Å². The molecule has 0 saturated carbocycles. The molecule has 3 heterocycles. The van der Waals surface area contributed by atoms with Crippen LogP contribution in [0.5, 0.6) is 0 Å². The average Bonchev–Trinajstić information content (AvgIpc) is 3.34. The molecule has 2 N–H and O–H groups in total. The van der Waals surface area contributed by atoms with Gasteiger partial charge in [0.15, 0.2) is 0 Å². The van der Waals surface area contributed by atoms with Gasteiger partial charge in [-0.15, -0.1) is 0 Å². The minimum atomic E-state index is -4.55. The Morgan fingerprint density at radius 1 is 1.05 bits per heavy atom. The largest absolute Gasteiger partial charge is 0.418 e. The van der Waals surface area contributed by atoms with E-state index in [1.807, 2.05) is 17.0 Å². The Morgan fingerprint density at radius 2 is 1.82 bits per heavy atom. The summed E-state index contributed by atoms with van der Waals surface area (Å²) in [5.74, 6) is 0.984. The van der Waals surface area contributed by atoms with Gasteiger partial charge in [0, 0.05) is 29.4 Å². The Hall–Kier alpha value is -3.60. The quantitative estimate of drug-likeness (QED) is 0.199. The summed E-state index contributed by atoms with van der Waals surface area (Å²) < 4.78 is 41.1. The lowest BCUT2D eigenvalue weighted by Crippen LogP contribution is -2.31. The van der Waals surface area contributed by atoms with Gasteiger partial charge in [0.05, 0.1) is 23.3 Å². The van der Waals surface area contributed by atoms with Gasteiger partial charge in [0.2, 0.25) is 0 Å². The molecule has 5 rings (SSSR count). The highest BCUT2D eigenvalue weighted by Crippen LogP contribution is 2.37. The number of nitrogens with zero attached hydrogens (tertiary/aromatic N) is 4. The number of rotatable bonds is 6. The van der Waals surface area contributed by atoms with Crippen molar-refractivity contribution in [2.24, 2.45) is 0 Å². The molecular formula is C29H30F3N5O2. The average molecular weight is 538 g/mol. The maximum Gasteiger partial charge on any atom is 0.418 e. The first kappa shape index (κ1) is 27.0. The number of hydrogen-bond acceptors (Lipinski definition) is 7. The standard InChI is InChI=1S/C29H30F3N5O2/c1-28(2,3)19-9-11-20(12-10-19)34-27-21-13-8-18(26-22(29(30,31)32)6-4-14-33-26)16-23(21)35-24(36-27)17-37-15-5-7-25(37)39-38/h4,6,8-14,16,25,38H,5,7,15,17H2,1-3H3,(H,34,35,36). The smallest absolute Gasteiger partial charge is 0.340 e. The Bertz CT molecular complexity index is 1470. The van der Waals surface area contributed by atoms with Crippen molar-refractivity contribution in [3.05, 3.63) is 77.7 Å². The lowest BCUT2D eigenvalue weighted by Gasteiger charge is -2.21. The molecule has 204 valence electrons. The third-order valence-corrected chi connectivity index (χ3v) is 6.91. The van der Waals surface area contributed by atoms with Crippen LogP contribution in [0.4, 0.5) is 24.7 Å². The van der Waals surface area contributed by atoms with Crippen molar-refractivity contribution in [2.75, 3.05) is 11.9 Å². The van der Waals surface area contributed by atoms with Crippen molar-refractivity contribution >= 4 is 22.4 Å². The second-order valence-electron chi connectivity index (χ2n) is 10.7. The van der Waals surface area contributed by atoms with Crippen molar-refractivity contribution in [3.63, 3.8) is 0 Å². The lowest BCUT2D eigenvalue weighted by molar-refractivity contribution is -0.307. The Balaban J connectivity index is 1.58. The Kier molecular flexibility index (Phi) is 7.28. The summed E-state index contributed by atoms with van der Waals surface area (Å²) in [5.41, 5.74) is 1.82. The van der Waals surface area contributed by atoms with Gasteiger partial charge < -0.3 is 5.32 Å². The molecule has 7 nitrogen and oxygen atoms in total. The van der Waals surface area contributed by atoms with Gasteiger partial charge in [-0.05, 0) is 60.2 Å². The van der Waals surface area contributed by atoms with E-state index in [1.165, 1.54) is 17.8 Å². The zero-order valence-electron chi connectivity index (χ0n) is 22.0. The van der Waals surface area contributed by atoms with E-state index in [9.17, 15) is 18.4 Å². The summed E-state index contributed by atoms with van der Waals surface area (Å²) in [6.45, 7) is 7.44. The second kappa shape index (κ2) is 10.5. The van der Waals surface area contributed by atoms with Gasteiger partial charge in [-0.3, -0.25) is 15.1 Å². The predicted molar refractivity (Wildman–Crippen MR) is 143 cm³/mol. The van der Waals surface area contributed by atoms with Gasteiger partial charge in [0.1, 0.15) is 17.9 Å². The summed E-state index contributed by atoms with van der Waals surface area (Å²) in [6.07, 6.45) is -2.12. The van der Waals surface area contributed by atoms with Crippen molar-refractivity contribution < 1.29 is 23.3 Å². The van der Waals surface area contributed by atoms with E-state index < -0.39 is 18.0 Å². The van der Waals surface area contributed by atoms with Gasteiger partial charge in [-0.1, -0.05) is 39.0 Å². The number of anilines is 2. The SMILES string of the molecule is CC(C)(C)c1ccc(Nc2nc(CN3CCCC3OO)nc3cc(-c4ncccc4C(F)(F)F)ccc23)cc1. The van der Waals surface area contributed by atoms with E-state index >= 15 is 0 Å². The molecule has 0 amide bonds. The highest BCUT2D eigenvalue weighted by molar-refractivity contribution is 5.93. The van der Waals surface area contributed by atoms with Crippen LogP contribution in [0, 0.1) is 0 Å². The van der Waals surface area contributed by atoms with Crippen LogP contribution in [0.25, 0.3) is 22.2 Å². The van der Waals surface area contributed by atoms with Gasteiger partial charge in [-0.25, -0.2) is 14.9 Å². The van der Waals surface area contributed by atoms with Crippen LogP contribution in [0.3, 0.4) is 0 Å². The van der Waals surface area contributed by atoms with Gasteiger partial charge in [-0.2, -0.15) is 13.2 Å². The van der Waals surface area contributed by atoms with Crippen molar-refractivity contribution in [3.8, 4) is 11.3 Å². The van der Waals surface area contributed by atoms with Crippen LogP contribution < -0.4 is 5.32 Å².